The average molecular weight is 273 g/mol. The minimum atomic E-state index is 0.756. The largest absolute Gasteiger partial charge is 0.271 e. The van der Waals surface area contributed by atoms with Crippen molar-refractivity contribution in [1.29, 1.82) is 0 Å². The zero-order valence-electron chi connectivity index (χ0n) is 11.6. The molecule has 3 nitrogen and oxygen atoms in total. The van der Waals surface area contributed by atoms with Crippen molar-refractivity contribution >= 4 is 0 Å². The van der Waals surface area contributed by atoms with Gasteiger partial charge in [0, 0.05) is 24.4 Å². The minimum absolute atomic E-state index is 0.756. The van der Waals surface area contributed by atoms with E-state index < -0.39 is 0 Å². The smallest absolute Gasteiger partial charge is 0.113 e. The fourth-order valence-electron chi connectivity index (χ4n) is 2.01. The maximum absolute atomic E-state index is 4.56. The number of hydrogen-bond acceptors (Lipinski definition) is 2. The third-order valence-corrected chi connectivity index (χ3v) is 3.06. The third-order valence-electron chi connectivity index (χ3n) is 3.06. The highest BCUT2D eigenvalue weighted by atomic mass is 15.3. The highest BCUT2D eigenvalue weighted by molar-refractivity contribution is 5.57. The van der Waals surface area contributed by atoms with Gasteiger partial charge in [-0.25, -0.2) is 4.98 Å². The summed E-state index contributed by atoms with van der Waals surface area (Å²) in [5.74, 6) is 6.18. The molecule has 0 aliphatic heterocycles. The lowest BCUT2D eigenvalue weighted by Crippen LogP contribution is -1.97. The Kier molecular flexibility index (Phi) is 4.09. The molecule has 2 heterocycles. The molecule has 1 aromatic carbocycles. The van der Waals surface area contributed by atoms with Gasteiger partial charge in [0.1, 0.15) is 5.69 Å². The third kappa shape index (κ3) is 3.58. The first-order valence-electron chi connectivity index (χ1n) is 6.90. The summed E-state index contributed by atoms with van der Waals surface area (Å²) in [5.41, 5.74) is 2.94. The Morgan fingerprint density at radius 2 is 1.81 bits per heavy atom. The van der Waals surface area contributed by atoms with E-state index in [1.165, 1.54) is 0 Å². The second-order valence-corrected chi connectivity index (χ2v) is 4.60. The van der Waals surface area contributed by atoms with E-state index in [-0.39, 0.29) is 0 Å². The van der Waals surface area contributed by atoms with Crippen LogP contribution in [0, 0.1) is 11.8 Å². The summed E-state index contributed by atoms with van der Waals surface area (Å²) in [6.45, 7) is 0.784. The molecule has 0 amide bonds. The van der Waals surface area contributed by atoms with Crippen molar-refractivity contribution in [3.8, 4) is 23.1 Å². The van der Waals surface area contributed by atoms with E-state index in [1.54, 1.807) is 6.20 Å². The molecule has 0 N–H and O–H groups in total. The standard InChI is InChI=1S/C18H15N3/c1-2-8-16(9-3-1)18-12-15-21(20-18)14-7-5-11-17-10-4-6-13-19-17/h1-4,6,8-10,12-13,15H,7,14H2. The van der Waals surface area contributed by atoms with Crippen LogP contribution in [0.25, 0.3) is 11.3 Å². The van der Waals surface area contributed by atoms with E-state index in [1.807, 2.05) is 53.3 Å². The Labute approximate surface area is 124 Å². The second-order valence-electron chi connectivity index (χ2n) is 4.60. The van der Waals surface area contributed by atoms with Crippen LogP contribution in [-0.2, 0) is 6.54 Å². The van der Waals surface area contributed by atoms with Gasteiger partial charge in [0.2, 0.25) is 0 Å². The molecular weight excluding hydrogens is 258 g/mol. The summed E-state index contributed by atoms with van der Waals surface area (Å²) in [7, 11) is 0. The van der Waals surface area contributed by atoms with E-state index in [9.17, 15) is 0 Å². The molecule has 0 fully saturated rings. The first-order chi connectivity index (χ1) is 10.4. The van der Waals surface area contributed by atoms with Crippen molar-refractivity contribution in [2.45, 2.75) is 13.0 Å². The van der Waals surface area contributed by atoms with Crippen molar-refractivity contribution in [3.05, 3.63) is 72.7 Å². The van der Waals surface area contributed by atoms with Crippen LogP contribution in [0.3, 0.4) is 0 Å². The molecule has 0 aliphatic rings. The zero-order valence-corrected chi connectivity index (χ0v) is 11.6. The lowest BCUT2D eigenvalue weighted by molar-refractivity contribution is 0.632. The molecule has 0 spiro atoms. The Morgan fingerprint density at radius 3 is 2.62 bits per heavy atom. The molecule has 3 rings (SSSR count). The minimum Gasteiger partial charge on any atom is -0.271 e. The Bertz CT molecular complexity index is 749. The molecule has 0 unspecified atom stereocenters. The van der Waals surface area contributed by atoms with Gasteiger partial charge in [-0.3, -0.25) is 4.68 Å². The quantitative estimate of drug-likeness (QED) is 0.685. The molecule has 3 aromatic rings. The molecule has 0 radical (unpaired) electrons. The van der Waals surface area contributed by atoms with Gasteiger partial charge in [0.05, 0.1) is 12.2 Å². The highest BCUT2D eigenvalue weighted by Crippen LogP contribution is 2.15. The number of nitrogens with zero attached hydrogens (tertiary/aromatic N) is 3. The maximum atomic E-state index is 4.56. The van der Waals surface area contributed by atoms with E-state index in [4.69, 9.17) is 0 Å². The number of pyridine rings is 1. The van der Waals surface area contributed by atoms with Gasteiger partial charge in [-0.1, -0.05) is 42.3 Å². The van der Waals surface area contributed by atoms with Crippen molar-refractivity contribution in [2.24, 2.45) is 0 Å². The maximum Gasteiger partial charge on any atom is 0.113 e. The van der Waals surface area contributed by atoms with Gasteiger partial charge in [0.25, 0.3) is 0 Å². The summed E-state index contributed by atoms with van der Waals surface area (Å²) >= 11 is 0. The van der Waals surface area contributed by atoms with Crippen LogP contribution in [0.4, 0.5) is 0 Å². The molecule has 0 aliphatic carbocycles. The van der Waals surface area contributed by atoms with E-state index in [0.717, 1.165) is 29.9 Å². The lowest BCUT2D eigenvalue weighted by Gasteiger charge is -1.97. The average Bonchev–Trinajstić information content (AvgIpc) is 3.02. The summed E-state index contributed by atoms with van der Waals surface area (Å²) in [6.07, 6.45) is 4.50. The molecule has 21 heavy (non-hydrogen) atoms. The number of aryl methyl sites for hydroxylation is 1. The van der Waals surface area contributed by atoms with Gasteiger partial charge >= 0.3 is 0 Å². The number of aromatic nitrogens is 3. The Hall–Kier alpha value is -2.86. The molecule has 0 atom stereocenters. The first-order valence-corrected chi connectivity index (χ1v) is 6.90. The fraction of sp³-hybridized carbons (Fsp3) is 0.111. The summed E-state index contributed by atoms with van der Waals surface area (Å²) in [4.78, 5) is 4.17. The monoisotopic (exact) mass is 273 g/mol. The van der Waals surface area contributed by atoms with E-state index >= 15 is 0 Å². The van der Waals surface area contributed by atoms with Gasteiger partial charge in [-0.15, -0.1) is 0 Å². The molecule has 0 saturated carbocycles. The molecule has 0 bridgehead atoms. The molecule has 3 heteroatoms. The van der Waals surface area contributed by atoms with Crippen LogP contribution in [0.1, 0.15) is 12.1 Å². The summed E-state index contributed by atoms with van der Waals surface area (Å²) in [5, 5.41) is 4.56. The highest BCUT2D eigenvalue weighted by Gasteiger charge is 2.00. The topological polar surface area (TPSA) is 30.7 Å². The number of benzene rings is 1. The second kappa shape index (κ2) is 6.53. The fourth-order valence-corrected chi connectivity index (χ4v) is 2.01. The van der Waals surface area contributed by atoms with Gasteiger partial charge in [-0.05, 0) is 24.1 Å². The normalized spacial score (nSPS) is 9.90. The lowest BCUT2D eigenvalue weighted by atomic mass is 10.2. The number of rotatable bonds is 3. The summed E-state index contributed by atoms with van der Waals surface area (Å²) < 4.78 is 1.93. The van der Waals surface area contributed by atoms with Crippen molar-refractivity contribution in [2.75, 3.05) is 0 Å². The van der Waals surface area contributed by atoms with E-state index in [2.05, 4.69) is 34.1 Å². The van der Waals surface area contributed by atoms with Crippen LogP contribution < -0.4 is 0 Å². The predicted octanol–water partition coefficient (Wildman–Crippen LogP) is 3.39. The molecule has 2 aromatic heterocycles. The van der Waals surface area contributed by atoms with E-state index in [0.29, 0.717) is 0 Å². The van der Waals surface area contributed by atoms with Crippen LogP contribution >= 0.6 is 0 Å². The molecular formula is C18H15N3. The van der Waals surface area contributed by atoms with Crippen molar-refractivity contribution in [1.82, 2.24) is 14.8 Å². The first kappa shape index (κ1) is 13.1. The van der Waals surface area contributed by atoms with Gasteiger partial charge in [-0.2, -0.15) is 5.10 Å². The SMILES string of the molecule is C(#Cc1ccccn1)CCn1ccc(-c2ccccc2)n1. The van der Waals surface area contributed by atoms with Crippen LogP contribution in [0.15, 0.2) is 67.0 Å². The van der Waals surface area contributed by atoms with Gasteiger partial charge < -0.3 is 0 Å². The van der Waals surface area contributed by atoms with Crippen molar-refractivity contribution < 1.29 is 0 Å². The summed E-state index contributed by atoms with van der Waals surface area (Å²) in [6, 6.07) is 17.9. The molecule has 102 valence electrons. The number of hydrogen-bond donors (Lipinski definition) is 0. The predicted molar refractivity (Wildman–Crippen MR) is 83.4 cm³/mol. The molecule has 0 saturated heterocycles. The Morgan fingerprint density at radius 1 is 0.952 bits per heavy atom. The van der Waals surface area contributed by atoms with Gasteiger partial charge in [0.15, 0.2) is 0 Å². The van der Waals surface area contributed by atoms with Crippen LogP contribution in [0.5, 0.6) is 0 Å². The van der Waals surface area contributed by atoms with Crippen molar-refractivity contribution in [3.63, 3.8) is 0 Å². The van der Waals surface area contributed by atoms with Crippen LogP contribution in [0.2, 0.25) is 0 Å². The van der Waals surface area contributed by atoms with Crippen LogP contribution in [-0.4, -0.2) is 14.8 Å². The Balaban J connectivity index is 1.60. The zero-order chi connectivity index (χ0) is 14.3.